The zero-order valence-corrected chi connectivity index (χ0v) is 6.59. The van der Waals surface area contributed by atoms with Gasteiger partial charge in [0, 0.05) is 11.9 Å². The molecule has 0 radical (unpaired) electrons. The molecule has 10 heavy (non-hydrogen) atoms. The van der Waals surface area contributed by atoms with E-state index >= 15 is 0 Å². The molecule has 1 rings (SSSR count). The number of hydrogen-bond donors (Lipinski definition) is 0. The fourth-order valence-electron chi connectivity index (χ4n) is 1.05. The fourth-order valence-corrected chi connectivity index (χ4v) is 1.05. The molecule has 0 unspecified atom stereocenters. The van der Waals surface area contributed by atoms with Crippen LogP contribution in [0.25, 0.3) is 0 Å². The van der Waals surface area contributed by atoms with E-state index in [0.29, 0.717) is 0 Å². The van der Waals surface area contributed by atoms with Crippen LogP contribution in [0.2, 0.25) is 0 Å². The maximum absolute atomic E-state index is 4.20. The first-order valence-corrected chi connectivity index (χ1v) is 3.73. The summed E-state index contributed by atoms with van der Waals surface area (Å²) in [6.45, 7) is 4.21. The van der Waals surface area contributed by atoms with Crippen molar-refractivity contribution in [3.05, 3.63) is 23.9 Å². The van der Waals surface area contributed by atoms with Crippen LogP contribution in [-0.4, -0.2) is 5.71 Å². The Hall–Kier alpha value is -0.850. The molecule has 0 atom stereocenters. The summed E-state index contributed by atoms with van der Waals surface area (Å²) in [6.07, 6.45) is 8.37. The SMILES string of the molecule is CC/C=C1/CC=CN=C1C. The molecule has 54 valence electrons. The molecule has 0 aromatic carbocycles. The number of nitrogens with zero attached hydrogens (tertiary/aromatic N) is 1. The summed E-state index contributed by atoms with van der Waals surface area (Å²) in [5, 5.41) is 0. The van der Waals surface area contributed by atoms with Crippen LogP contribution < -0.4 is 0 Å². The van der Waals surface area contributed by atoms with Crippen LogP contribution in [0, 0.1) is 0 Å². The number of hydrogen-bond acceptors (Lipinski definition) is 1. The molecule has 1 heterocycles. The lowest BCUT2D eigenvalue weighted by atomic mass is 10.1. The van der Waals surface area contributed by atoms with Crippen LogP contribution in [0.1, 0.15) is 26.7 Å². The maximum Gasteiger partial charge on any atom is 0.0404 e. The molecule has 0 aromatic rings. The van der Waals surface area contributed by atoms with Gasteiger partial charge in [0.2, 0.25) is 0 Å². The quantitative estimate of drug-likeness (QED) is 0.524. The van der Waals surface area contributed by atoms with Gasteiger partial charge >= 0.3 is 0 Å². The van der Waals surface area contributed by atoms with E-state index in [4.69, 9.17) is 0 Å². The predicted octanol–water partition coefficient (Wildman–Crippen LogP) is 2.70. The van der Waals surface area contributed by atoms with Gasteiger partial charge in [-0.1, -0.05) is 19.1 Å². The molecular formula is C9H13N. The van der Waals surface area contributed by atoms with Gasteiger partial charge in [0.05, 0.1) is 0 Å². The van der Waals surface area contributed by atoms with Crippen molar-refractivity contribution in [3.63, 3.8) is 0 Å². The van der Waals surface area contributed by atoms with Gasteiger partial charge in [0.1, 0.15) is 0 Å². The molecule has 0 spiro atoms. The molecule has 0 N–H and O–H groups in total. The summed E-state index contributed by atoms with van der Waals surface area (Å²) in [4.78, 5) is 4.20. The minimum atomic E-state index is 1.06. The summed E-state index contributed by atoms with van der Waals surface area (Å²) in [5.41, 5.74) is 2.55. The van der Waals surface area contributed by atoms with Gasteiger partial charge in [-0.25, -0.2) is 0 Å². The minimum Gasteiger partial charge on any atom is -0.262 e. The van der Waals surface area contributed by atoms with Gasteiger partial charge in [-0.15, -0.1) is 0 Å². The fraction of sp³-hybridized carbons (Fsp3) is 0.444. The lowest BCUT2D eigenvalue weighted by Gasteiger charge is -2.06. The third kappa shape index (κ3) is 1.56. The van der Waals surface area contributed by atoms with Gasteiger partial charge in [0.25, 0.3) is 0 Å². The molecule has 0 fully saturated rings. The van der Waals surface area contributed by atoms with Crippen molar-refractivity contribution in [2.24, 2.45) is 4.99 Å². The van der Waals surface area contributed by atoms with Crippen LogP contribution in [-0.2, 0) is 0 Å². The smallest absolute Gasteiger partial charge is 0.0404 e. The molecule has 0 aliphatic carbocycles. The summed E-state index contributed by atoms with van der Waals surface area (Å²) in [5.74, 6) is 0. The Morgan fingerprint density at radius 3 is 3.10 bits per heavy atom. The average Bonchev–Trinajstić information content (AvgIpc) is 1.94. The van der Waals surface area contributed by atoms with Gasteiger partial charge < -0.3 is 0 Å². The molecule has 0 bridgehead atoms. The Bertz CT molecular complexity index is 197. The normalized spacial score (nSPS) is 21.4. The molecule has 1 aliphatic heterocycles. The third-order valence-electron chi connectivity index (χ3n) is 1.63. The molecular weight excluding hydrogens is 122 g/mol. The predicted molar refractivity (Wildman–Crippen MR) is 45.2 cm³/mol. The van der Waals surface area contributed by atoms with Crippen molar-refractivity contribution < 1.29 is 0 Å². The first-order valence-electron chi connectivity index (χ1n) is 3.73. The molecule has 1 aliphatic rings. The van der Waals surface area contributed by atoms with E-state index in [1.165, 1.54) is 11.3 Å². The highest BCUT2D eigenvalue weighted by atomic mass is 14.7. The van der Waals surface area contributed by atoms with Crippen LogP contribution in [0.4, 0.5) is 0 Å². The summed E-state index contributed by atoms with van der Waals surface area (Å²) in [6, 6.07) is 0. The number of rotatable bonds is 1. The summed E-state index contributed by atoms with van der Waals surface area (Å²) < 4.78 is 0. The first kappa shape index (κ1) is 7.26. The topological polar surface area (TPSA) is 12.4 Å². The third-order valence-corrected chi connectivity index (χ3v) is 1.63. The molecule has 0 saturated carbocycles. The second-order valence-electron chi connectivity index (χ2n) is 2.44. The standard InChI is InChI=1S/C9H13N/c1-3-5-9-6-4-7-10-8(9)2/h4-5,7H,3,6H2,1-2H3/b9-5-. The first-order chi connectivity index (χ1) is 4.84. The molecule has 0 amide bonds. The van der Waals surface area contributed by atoms with Crippen molar-refractivity contribution >= 4 is 5.71 Å². The van der Waals surface area contributed by atoms with Crippen LogP contribution in [0.3, 0.4) is 0 Å². The lowest BCUT2D eigenvalue weighted by molar-refractivity contribution is 1.15. The number of aliphatic imine (C=N–C) groups is 1. The van der Waals surface area contributed by atoms with E-state index in [-0.39, 0.29) is 0 Å². The maximum atomic E-state index is 4.20. The zero-order chi connectivity index (χ0) is 7.40. The molecule has 1 nitrogen and oxygen atoms in total. The minimum absolute atomic E-state index is 1.06. The molecule has 0 saturated heterocycles. The Kier molecular flexibility index (Phi) is 2.43. The monoisotopic (exact) mass is 135 g/mol. The molecule has 0 aromatic heterocycles. The largest absolute Gasteiger partial charge is 0.262 e. The zero-order valence-electron chi connectivity index (χ0n) is 6.59. The van der Waals surface area contributed by atoms with Gasteiger partial charge in [0.15, 0.2) is 0 Å². The number of allylic oxidation sites excluding steroid dienone is 3. The summed E-state index contributed by atoms with van der Waals surface area (Å²) in [7, 11) is 0. The Labute approximate surface area is 62.2 Å². The van der Waals surface area contributed by atoms with Crippen molar-refractivity contribution in [1.82, 2.24) is 0 Å². The second-order valence-corrected chi connectivity index (χ2v) is 2.44. The lowest BCUT2D eigenvalue weighted by Crippen LogP contribution is -1.98. The van der Waals surface area contributed by atoms with Gasteiger partial charge in [-0.2, -0.15) is 0 Å². The van der Waals surface area contributed by atoms with E-state index in [2.05, 4.69) is 31.0 Å². The van der Waals surface area contributed by atoms with Crippen LogP contribution >= 0.6 is 0 Å². The highest BCUT2D eigenvalue weighted by Crippen LogP contribution is 2.11. The van der Waals surface area contributed by atoms with E-state index in [1.54, 1.807) is 0 Å². The van der Waals surface area contributed by atoms with Crippen molar-refractivity contribution in [3.8, 4) is 0 Å². The van der Waals surface area contributed by atoms with Gasteiger partial charge in [-0.05, 0) is 25.3 Å². The van der Waals surface area contributed by atoms with Gasteiger partial charge in [-0.3, -0.25) is 4.99 Å². The molecule has 1 heteroatoms. The highest BCUT2D eigenvalue weighted by Gasteiger charge is 2.00. The van der Waals surface area contributed by atoms with Crippen molar-refractivity contribution in [2.45, 2.75) is 26.7 Å². The highest BCUT2D eigenvalue weighted by molar-refractivity contribution is 5.99. The van der Waals surface area contributed by atoms with E-state index < -0.39 is 0 Å². The van der Waals surface area contributed by atoms with Crippen LogP contribution in [0.5, 0.6) is 0 Å². The Morgan fingerprint density at radius 2 is 2.50 bits per heavy atom. The van der Waals surface area contributed by atoms with E-state index in [0.717, 1.165) is 12.8 Å². The Morgan fingerprint density at radius 1 is 1.70 bits per heavy atom. The van der Waals surface area contributed by atoms with Crippen molar-refractivity contribution in [1.29, 1.82) is 0 Å². The average molecular weight is 135 g/mol. The van der Waals surface area contributed by atoms with Crippen molar-refractivity contribution in [2.75, 3.05) is 0 Å². The van der Waals surface area contributed by atoms with E-state index in [1.807, 2.05) is 6.20 Å². The Balaban J connectivity index is 2.73. The summed E-state index contributed by atoms with van der Waals surface area (Å²) >= 11 is 0. The van der Waals surface area contributed by atoms with E-state index in [9.17, 15) is 0 Å². The van der Waals surface area contributed by atoms with Crippen LogP contribution in [0.15, 0.2) is 28.9 Å². The second kappa shape index (κ2) is 3.35.